The lowest BCUT2D eigenvalue weighted by atomic mass is 10.2. The number of hydrogen-bond donors (Lipinski definition) is 0. The van der Waals surface area contributed by atoms with Gasteiger partial charge in [-0.05, 0) is 49.6 Å². The van der Waals surface area contributed by atoms with Crippen molar-refractivity contribution in [3.05, 3.63) is 60.2 Å². The van der Waals surface area contributed by atoms with E-state index in [0.717, 1.165) is 41.0 Å². The molecule has 2 heterocycles. The minimum atomic E-state index is -0.0894. The lowest BCUT2D eigenvalue weighted by Crippen LogP contribution is -2.36. The van der Waals surface area contributed by atoms with Crippen molar-refractivity contribution in [3.8, 4) is 5.75 Å². The summed E-state index contributed by atoms with van der Waals surface area (Å²) in [5, 5.41) is 0.687. The highest BCUT2D eigenvalue weighted by molar-refractivity contribution is 7.22. The molecular formula is C23H24N2O3S. The van der Waals surface area contributed by atoms with Crippen molar-refractivity contribution in [3.63, 3.8) is 0 Å². The molecule has 29 heavy (non-hydrogen) atoms. The molecule has 150 valence electrons. The summed E-state index contributed by atoms with van der Waals surface area (Å²) < 4.78 is 12.4. The van der Waals surface area contributed by atoms with Gasteiger partial charge in [-0.25, -0.2) is 4.98 Å². The molecule has 0 radical (unpaired) electrons. The predicted molar refractivity (Wildman–Crippen MR) is 118 cm³/mol. The Labute approximate surface area is 174 Å². The predicted octanol–water partition coefficient (Wildman–Crippen LogP) is 4.92. The number of hydrogen-bond acceptors (Lipinski definition) is 5. The molecule has 1 fully saturated rings. The highest BCUT2D eigenvalue weighted by atomic mass is 32.1. The van der Waals surface area contributed by atoms with Gasteiger partial charge in [0, 0.05) is 12.7 Å². The maximum atomic E-state index is 13.1. The van der Waals surface area contributed by atoms with Crippen molar-refractivity contribution in [2.75, 3.05) is 24.7 Å². The Morgan fingerprint density at radius 3 is 2.93 bits per heavy atom. The Balaban J connectivity index is 1.61. The normalized spacial score (nSPS) is 16.5. The second-order valence-corrected chi connectivity index (χ2v) is 7.90. The number of benzene rings is 2. The molecule has 5 nitrogen and oxygen atoms in total. The quantitative estimate of drug-likeness (QED) is 0.521. The van der Waals surface area contributed by atoms with Crippen LogP contribution in [0, 0.1) is 0 Å². The maximum absolute atomic E-state index is 13.1. The molecule has 3 aromatic rings. The molecule has 0 bridgehead atoms. The molecule has 6 heteroatoms. The summed E-state index contributed by atoms with van der Waals surface area (Å²) in [5.74, 6) is 0.726. The van der Waals surface area contributed by atoms with E-state index in [4.69, 9.17) is 14.5 Å². The molecule has 1 aliphatic heterocycles. The first kappa shape index (κ1) is 19.6. The molecule has 1 saturated heterocycles. The van der Waals surface area contributed by atoms with Crippen LogP contribution in [0.3, 0.4) is 0 Å². The third kappa shape index (κ3) is 4.83. The van der Waals surface area contributed by atoms with Crippen molar-refractivity contribution in [2.24, 2.45) is 0 Å². The minimum Gasteiger partial charge on any atom is -0.494 e. The number of carbonyl (C=O) groups excluding carboxylic acids is 1. The van der Waals surface area contributed by atoms with Crippen molar-refractivity contribution in [1.82, 2.24) is 4.98 Å². The summed E-state index contributed by atoms with van der Waals surface area (Å²) in [4.78, 5) is 19.5. The number of fused-ring (bicyclic) bond motifs is 1. The van der Waals surface area contributed by atoms with Gasteiger partial charge in [-0.15, -0.1) is 0 Å². The Morgan fingerprint density at radius 2 is 2.17 bits per heavy atom. The van der Waals surface area contributed by atoms with Crippen LogP contribution >= 0.6 is 11.3 Å². The van der Waals surface area contributed by atoms with Crippen LogP contribution < -0.4 is 9.64 Å². The van der Waals surface area contributed by atoms with E-state index < -0.39 is 0 Å². The van der Waals surface area contributed by atoms with Crippen LogP contribution in [-0.4, -0.2) is 36.8 Å². The number of nitrogens with zero attached hydrogens (tertiary/aromatic N) is 2. The molecule has 1 aromatic heterocycles. The standard InChI is InChI=1S/C23H24N2O3S/c1-2-27-18-11-12-20-21(15-18)29-23(24-20)25(16-19-9-6-14-28-19)22(26)13-10-17-7-4-3-5-8-17/h3-5,7-8,10-13,15,19H,2,6,9,14,16H2,1H3/b13-10+. The average Bonchev–Trinajstić information content (AvgIpc) is 3.40. The summed E-state index contributed by atoms with van der Waals surface area (Å²) in [5.41, 5.74) is 1.86. The molecule has 1 aliphatic rings. The Morgan fingerprint density at radius 1 is 1.31 bits per heavy atom. The Hall–Kier alpha value is -2.70. The van der Waals surface area contributed by atoms with Gasteiger partial charge < -0.3 is 9.47 Å². The van der Waals surface area contributed by atoms with Crippen LogP contribution in [0.25, 0.3) is 16.3 Å². The lowest BCUT2D eigenvalue weighted by Gasteiger charge is -2.21. The molecule has 1 amide bonds. The van der Waals surface area contributed by atoms with Crippen molar-refractivity contribution in [2.45, 2.75) is 25.9 Å². The molecule has 0 aliphatic carbocycles. The molecule has 4 rings (SSSR count). The first-order valence-corrected chi connectivity index (χ1v) is 10.7. The highest BCUT2D eigenvalue weighted by Crippen LogP contribution is 2.32. The third-order valence-corrected chi connectivity index (χ3v) is 5.83. The molecule has 0 spiro atoms. The lowest BCUT2D eigenvalue weighted by molar-refractivity contribution is -0.114. The second kappa shape index (κ2) is 9.20. The first-order valence-electron chi connectivity index (χ1n) is 9.92. The van der Waals surface area contributed by atoms with Gasteiger partial charge in [0.2, 0.25) is 0 Å². The first-order chi connectivity index (χ1) is 14.2. The fourth-order valence-corrected chi connectivity index (χ4v) is 4.35. The smallest absolute Gasteiger partial charge is 0.252 e. The van der Waals surface area contributed by atoms with Gasteiger partial charge >= 0.3 is 0 Å². The van der Waals surface area contributed by atoms with Crippen molar-refractivity contribution < 1.29 is 14.3 Å². The van der Waals surface area contributed by atoms with Crippen molar-refractivity contribution >= 4 is 38.7 Å². The maximum Gasteiger partial charge on any atom is 0.252 e. The summed E-state index contributed by atoms with van der Waals surface area (Å²) >= 11 is 1.50. The molecule has 2 aromatic carbocycles. The van der Waals surface area contributed by atoms with Gasteiger partial charge in [0.05, 0.1) is 29.5 Å². The second-order valence-electron chi connectivity index (χ2n) is 6.89. The zero-order chi connectivity index (χ0) is 20.1. The van der Waals surface area contributed by atoms with Gasteiger partial charge in [-0.1, -0.05) is 41.7 Å². The van der Waals surface area contributed by atoms with E-state index in [-0.39, 0.29) is 12.0 Å². The molecule has 0 saturated carbocycles. The van der Waals surface area contributed by atoms with Crippen LogP contribution in [-0.2, 0) is 9.53 Å². The highest BCUT2D eigenvalue weighted by Gasteiger charge is 2.25. The number of thiazole rings is 1. The van der Waals surface area contributed by atoms with E-state index in [9.17, 15) is 4.79 Å². The van der Waals surface area contributed by atoms with Crippen LogP contribution in [0.2, 0.25) is 0 Å². The van der Waals surface area contributed by atoms with E-state index in [0.29, 0.717) is 18.3 Å². The number of aromatic nitrogens is 1. The van der Waals surface area contributed by atoms with E-state index in [1.807, 2.05) is 61.5 Å². The molecule has 0 N–H and O–H groups in total. The zero-order valence-corrected chi connectivity index (χ0v) is 17.2. The Bertz CT molecular complexity index is 994. The number of rotatable bonds is 7. The van der Waals surface area contributed by atoms with E-state index in [1.54, 1.807) is 11.0 Å². The number of carbonyl (C=O) groups is 1. The SMILES string of the molecule is CCOc1ccc2nc(N(CC3CCCO3)C(=O)/C=C/c3ccccc3)sc2c1. The zero-order valence-electron chi connectivity index (χ0n) is 16.4. The number of amides is 1. The van der Waals surface area contributed by atoms with Crippen LogP contribution in [0.5, 0.6) is 5.75 Å². The van der Waals surface area contributed by atoms with E-state index in [2.05, 4.69) is 0 Å². The van der Waals surface area contributed by atoms with Gasteiger partial charge in [-0.2, -0.15) is 0 Å². The molecule has 1 unspecified atom stereocenters. The van der Waals surface area contributed by atoms with Gasteiger partial charge in [0.1, 0.15) is 5.75 Å². The Kier molecular flexibility index (Phi) is 6.22. The van der Waals surface area contributed by atoms with E-state index in [1.165, 1.54) is 11.3 Å². The van der Waals surface area contributed by atoms with Crippen LogP contribution in [0.1, 0.15) is 25.3 Å². The molecular weight excluding hydrogens is 384 g/mol. The summed E-state index contributed by atoms with van der Waals surface area (Å²) in [6.45, 7) is 3.84. The topological polar surface area (TPSA) is 51.7 Å². The third-order valence-electron chi connectivity index (χ3n) is 4.78. The van der Waals surface area contributed by atoms with Gasteiger partial charge in [0.15, 0.2) is 5.13 Å². The van der Waals surface area contributed by atoms with Gasteiger partial charge in [-0.3, -0.25) is 9.69 Å². The largest absolute Gasteiger partial charge is 0.494 e. The average molecular weight is 409 g/mol. The summed E-state index contributed by atoms with van der Waals surface area (Å²) in [7, 11) is 0. The fraction of sp³-hybridized carbons (Fsp3) is 0.304. The number of ether oxygens (including phenoxy) is 2. The molecule has 1 atom stereocenters. The summed E-state index contributed by atoms with van der Waals surface area (Å²) in [6.07, 6.45) is 5.50. The monoisotopic (exact) mass is 408 g/mol. The fourth-order valence-electron chi connectivity index (χ4n) is 3.34. The number of anilines is 1. The van der Waals surface area contributed by atoms with Gasteiger partial charge in [0.25, 0.3) is 5.91 Å². The van der Waals surface area contributed by atoms with E-state index >= 15 is 0 Å². The van der Waals surface area contributed by atoms with Crippen LogP contribution in [0.15, 0.2) is 54.6 Å². The van der Waals surface area contributed by atoms with Crippen LogP contribution in [0.4, 0.5) is 5.13 Å². The van der Waals surface area contributed by atoms with Crippen molar-refractivity contribution in [1.29, 1.82) is 0 Å². The minimum absolute atomic E-state index is 0.0510. The summed E-state index contributed by atoms with van der Waals surface area (Å²) in [6, 6.07) is 15.7.